The Balaban J connectivity index is 1.36. The third-order valence-corrected chi connectivity index (χ3v) is 7.59. The maximum atomic E-state index is 15.0. The Morgan fingerprint density at radius 2 is 1.77 bits per heavy atom. The van der Waals surface area contributed by atoms with Crippen LogP contribution >= 0.6 is 0 Å². The van der Waals surface area contributed by atoms with Crippen LogP contribution in [0.25, 0.3) is 22.3 Å². The number of imidazole rings is 1. The van der Waals surface area contributed by atoms with Crippen LogP contribution < -0.4 is 5.32 Å². The van der Waals surface area contributed by atoms with Gasteiger partial charge in [-0.05, 0) is 71.0 Å². The minimum atomic E-state index is -0.636. The van der Waals surface area contributed by atoms with Gasteiger partial charge in [-0.15, -0.1) is 0 Å². The molecule has 0 aliphatic carbocycles. The van der Waals surface area contributed by atoms with Gasteiger partial charge in [-0.25, -0.2) is 28.7 Å². The quantitative estimate of drug-likeness (QED) is 0.317. The van der Waals surface area contributed by atoms with Crippen LogP contribution in [-0.4, -0.2) is 67.0 Å². The third-order valence-electron chi connectivity index (χ3n) is 7.59. The second-order valence-corrected chi connectivity index (χ2v) is 10.4. The van der Waals surface area contributed by atoms with E-state index in [0.29, 0.717) is 22.7 Å². The average Bonchev–Trinajstić information content (AvgIpc) is 3.09. The number of nitrogens with zero attached hydrogens (tertiary/aromatic N) is 7. The van der Waals surface area contributed by atoms with Crippen LogP contribution in [0.2, 0.25) is 0 Å². The number of aryl methyl sites for hydroxylation is 1. The normalized spacial score (nSPS) is 16.1. The molecule has 0 saturated carbocycles. The highest BCUT2D eigenvalue weighted by molar-refractivity contribution is 5.83. The lowest BCUT2D eigenvalue weighted by molar-refractivity contribution is 0.212. The van der Waals surface area contributed by atoms with Crippen molar-refractivity contribution in [2.45, 2.75) is 53.1 Å². The van der Waals surface area contributed by atoms with Crippen molar-refractivity contribution in [3.63, 3.8) is 0 Å². The van der Waals surface area contributed by atoms with Crippen molar-refractivity contribution in [3.05, 3.63) is 59.7 Å². The Morgan fingerprint density at radius 1 is 0.949 bits per heavy atom. The van der Waals surface area contributed by atoms with Gasteiger partial charge >= 0.3 is 0 Å². The summed E-state index contributed by atoms with van der Waals surface area (Å²) in [6.07, 6.45) is 4.11. The van der Waals surface area contributed by atoms with Gasteiger partial charge in [0.1, 0.15) is 22.9 Å². The molecule has 1 aliphatic heterocycles. The van der Waals surface area contributed by atoms with Crippen molar-refractivity contribution < 1.29 is 8.78 Å². The molecule has 1 aliphatic rings. The van der Waals surface area contributed by atoms with Gasteiger partial charge < -0.3 is 14.8 Å². The van der Waals surface area contributed by atoms with Crippen molar-refractivity contribution in [1.82, 2.24) is 34.3 Å². The number of rotatable bonds is 7. The summed E-state index contributed by atoms with van der Waals surface area (Å²) in [6.45, 7) is 15.7. The van der Waals surface area contributed by atoms with E-state index in [0.717, 1.165) is 50.9 Å². The zero-order valence-corrected chi connectivity index (χ0v) is 23.2. The second kappa shape index (κ2) is 11.3. The van der Waals surface area contributed by atoms with Crippen molar-refractivity contribution in [3.8, 4) is 11.3 Å². The smallest absolute Gasteiger partial charge is 0.229 e. The van der Waals surface area contributed by atoms with Gasteiger partial charge in [-0.1, -0.05) is 13.0 Å². The molecule has 206 valence electrons. The lowest BCUT2D eigenvalue weighted by atomic mass is 10.1. The first-order valence-corrected chi connectivity index (χ1v) is 13.7. The van der Waals surface area contributed by atoms with Gasteiger partial charge in [-0.3, -0.25) is 4.90 Å². The molecule has 0 radical (unpaired) electrons. The molecule has 8 nitrogen and oxygen atoms in total. The number of aromatic nitrogens is 5. The van der Waals surface area contributed by atoms with E-state index in [1.165, 1.54) is 6.07 Å². The van der Waals surface area contributed by atoms with Crippen LogP contribution in [0.5, 0.6) is 0 Å². The molecule has 1 fully saturated rings. The summed E-state index contributed by atoms with van der Waals surface area (Å²) in [6, 6.07) is 7.25. The molecule has 0 bridgehead atoms. The summed E-state index contributed by atoms with van der Waals surface area (Å²) in [5.74, 6) is 0.273. The third kappa shape index (κ3) is 5.62. The fourth-order valence-electron chi connectivity index (χ4n) is 5.43. The second-order valence-electron chi connectivity index (χ2n) is 10.4. The van der Waals surface area contributed by atoms with Gasteiger partial charge in [-0.2, -0.15) is 0 Å². The summed E-state index contributed by atoms with van der Waals surface area (Å²) in [4.78, 5) is 22.4. The summed E-state index contributed by atoms with van der Waals surface area (Å²) in [7, 11) is 0. The minimum absolute atomic E-state index is 0.00925. The van der Waals surface area contributed by atoms with Crippen LogP contribution in [-0.2, 0) is 0 Å². The predicted octanol–water partition coefficient (Wildman–Crippen LogP) is 5.89. The van der Waals surface area contributed by atoms with Crippen LogP contribution in [0, 0.1) is 18.6 Å². The van der Waals surface area contributed by atoms with E-state index in [1.807, 2.05) is 43.7 Å². The van der Waals surface area contributed by atoms with Gasteiger partial charge in [0.25, 0.3) is 0 Å². The van der Waals surface area contributed by atoms with Crippen molar-refractivity contribution in [2.24, 2.45) is 0 Å². The largest absolute Gasteiger partial charge is 0.326 e. The zero-order valence-electron chi connectivity index (χ0n) is 23.2. The number of benzene rings is 1. The van der Waals surface area contributed by atoms with Gasteiger partial charge in [0.15, 0.2) is 11.6 Å². The SMILES string of the molecule is CCN1CCCN(C(C)c2ccc(Nc3ncc(F)c(-c4cc(F)c5nc(C)n(C(C)C)c5c4)n3)nc2)CC1. The number of anilines is 2. The highest BCUT2D eigenvalue weighted by Gasteiger charge is 2.21. The van der Waals surface area contributed by atoms with Crippen LogP contribution in [0.15, 0.2) is 36.7 Å². The molecule has 3 aromatic heterocycles. The molecule has 1 saturated heterocycles. The molecule has 1 unspecified atom stereocenters. The molecular weight excluding hydrogens is 498 g/mol. The highest BCUT2D eigenvalue weighted by Crippen LogP contribution is 2.30. The molecule has 1 N–H and O–H groups in total. The molecule has 1 atom stereocenters. The Hall–Kier alpha value is -3.50. The first kappa shape index (κ1) is 27.1. The molecule has 0 spiro atoms. The van der Waals surface area contributed by atoms with Crippen molar-refractivity contribution in [1.29, 1.82) is 0 Å². The van der Waals surface area contributed by atoms with E-state index in [1.54, 1.807) is 6.07 Å². The molecule has 10 heteroatoms. The molecule has 1 aromatic carbocycles. The first-order valence-electron chi connectivity index (χ1n) is 13.7. The molecule has 4 aromatic rings. The summed E-state index contributed by atoms with van der Waals surface area (Å²) in [5.41, 5.74) is 2.32. The molecule has 0 amide bonds. The van der Waals surface area contributed by atoms with Gasteiger partial charge in [0.2, 0.25) is 5.95 Å². The number of nitrogens with one attached hydrogen (secondary N) is 1. The van der Waals surface area contributed by atoms with E-state index in [9.17, 15) is 8.78 Å². The lowest BCUT2D eigenvalue weighted by Gasteiger charge is -2.28. The maximum absolute atomic E-state index is 15.0. The Kier molecular flexibility index (Phi) is 7.86. The van der Waals surface area contributed by atoms with Crippen molar-refractivity contribution >= 4 is 22.8 Å². The van der Waals surface area contributed by atoms with Crippen LogP contribution in [0.4, 0.5) is 20.5 Å². The number of hydrogen-bond donors (Lipinski definition) is 1. The van der Waals surface area contributed by atoms with Gasteiger partial charge in [0.05, 0.1) is 11.7 Å². The summed E-state index contributed by atoms with van der Waals surface area (Å²) < 4.78 is 31.8. The Morgan fingerprint density at radius 3 is 2.49 bits per heavy atom. The van der Waals surface area contributed by atoms with E-state index in [-0.39, 0.29) is 29.2 Å². The minimum Gasteiger partial charge on any atom is -0.326 e. The number of halogens is 2. The maximum Gasteiger partial charge on any atom is 0.229 e. The van der Waals surface area contributed by atoms with E-state index in [2.05, 4.69) is 48.9 Å². The summed E-state index contributed by atoms with van der Waals surface area (Å²) >= 11 is 0. The first-order chi connectivity index (χ1) is 18.7. The van der Waals surface area contributed by atoms with E-state index < -0.39 is 11.6 Å². The number of pyridine rings is 1. The molecule has 39 heavy (non-hydrogen) atoms. The summed E-state index contributed by atoms with van der Waals surface area (Å²) in [5, 5.41) is 3.06. The Labute approximate surface area is 228 Å². The number of likely N-dealkylation sites (N-methyl/N-ethyl adjacent to an activating group) is 1. The van der Waals surface area contributed by atoms with E-state index >= 15 is 0 Å². The fourth-order valence-corrected chi connectivity index (χ4v) is 5.43. The standard InChI is InChI=1S/C29H36F2N8/c1-6-37-10-7-11-38(13-12-37)19(4)21-8-9-26(32-16-21)35-29-33-17-24(31)27(36-29)22-14-23(30)28-25(15-22)39(18(2)3)20(5)34-28/h8-9,14-19H,6-7,10-13H2,1-5H3,(H,32,33,35,36). The monoisotopic (exact) mass is 534 g/mol. The zero-order chi connectivity index (χ0) is 27.7. The van der Waals surface area contributed by atoms with Gasteiger partial charge in [0, 0.05) is 43.5 Å². The predicted molar refractivity (Wildman–Crippen MR) is 150 cm³/mol. The molecular formula is C29H36F2N8. The van der Waals surface area contributed by atoms with E-state index in [4.69, 9.17) is 0 Å². The average molecular weight is 535 g/mol. The van der Waals surface area contributed by atoms with Crippen molar-refractivity contribution in [2.75, 3.05) is 38.0 Å². The highest BCUT2D eigenvalue weighted by atomic mass is 19.1. The number of fused-ring (bicyclic) bond motifs is 1. The van der Waals surface area contributed by atoms with Crippen LogP contribution in [0.1, 0.15) is 57.6 Å². The number of hydrogen-bond acceptors (Lipinski definition) is 7. The molecule has 4 heterocycles. The van der Waals surface area contributed by atoms with Crippen LogP contribution in [0.3, 0.4) is 0 Å². The lowest BCUT2D eigenvalue weighted by Crippen LogP contribution is -2.32. The fraction of sp³-hybridized carbons (Fsp3) is 0.448. The topological polar surface area (TPSA) is 75.0 Å². The molecule has 5 rings (SSSR count). The Bertz CT molecular complexity index is 1450.